The lowest BCUT2D eigenvalue weighted by Crippen LogP contribution is -1.88. The molecule has 0 aromatic carbocycles. The number of hydrogen-bond acceptors (Lipinski definition) is 4. The third-order valence-corrected chi connectivity index (χ3v) is 2.67. The largest absolute Gasteiger partial charge is 0.288 e. The second-order valence-electron chi connectivity index (χ2n) is 2.99. The predicted octanol–water partition coefficient (Wildman–Crippen LogP) is 1.77. The highest BCUT2D eigenvalue weighted by atomic mass is 32.1. The van der Waals surface area contributed by atoms with E-state index in [1.54, 1.807) is 30.1 Å². The molecule has 76 valence electrons. The Hall–Kier alpha value is -1.75. The van der Waals surface area contributed by atoms with Gasteiger partial charge in [0.05, 0.1) is 11.1 Å². The van der Waals surface area contributed by atoms with Gasteiger partial charge in [0.25, 0.3) is 0 Å². The minimum atomic E-state index is -0.00402. The van der Waals surface area contributed by atoms with E-state index in [1.807, 2.05) is 11.4 Å². The van der Waals surface area contributed by atoms with Crippen molar-refractivity contribution in [1.82, 2.24) is 15.0 Å². The number of allylic oxidation sites excluding steroid dienone is 1. The zero-order valence-corrected chi connectivity index (χ0v) is 8.94. The molecule has 0 saturated heterocycles. The molecule has 2 rings (SSSR count). The molecular weight excluding hydrogens is 210 g/mol. The van der Waals surface area contributed by atoms with E-state index in [2.05, 4.69) is 10.3 Å². The third-order valence-electron chi connectivity index (χ3n) is 1.79. The lowest BCUT2D eigenvalue weighted by Gasteiger charge is -1.86. The first-order valence-corrected chi connectivity index (χ1v) is 5.26. The number of ketones is 1. The summed E-state index contributed by atoms with van der Waals surface area (Å²) in [4.78, 5) is 12.3. The van der Waals surface area contributed by atoms with Gasteiger partial charge in [-0.15, -0.1) is 16.4 Å². The molecule has 4 nitrogen and oxygen atoms in total. The smallest absolute Gasteiger partial charge is 0.195 e. The molecule has 0 saturated carbocycles. The zero-order valence-electron chi connectivity index (χ0n) is 8.12. The Morgan fingerprint density at radius 1 is 1.60 bits per heavy atom. The van der Waals surface area contributed by atoms with E-state index in [1.165, 1.54) is 17.4 Å². The summed E-state index contributed by atoms with van der Waals surface area (Å²) in [6, 6.07) is 3.65. The lowest BCUT2D eigenvalue weighted by atomic mass is 10.3. The molecule has 0 radical (unpaired) electrons. The Balaban J connectivity index is 2.09. The summed E-state index contributed by atoms with van der Waals surface area (Å²) in [6.07, 6.45) is 4.92. The topological polar surface area (TPSA) is 47.8 Å². The van der Waals surface area contributed by atoms with Crippen LogP contribution < -0.4 is 0 Å². The molecule has 0 atom stereocenters. The summed E-state index contributed by atoms with van der Waals surface area (Å²) < 4.78 is 1.59. The van der Waals surface area contributed by atoms with E-state index >= 15 is 0 Å². The molecule has 0 N–H and O–H groups in total. The zero-order chi connectivity index (χ0) is 10.7. The van der Waals surface area contributed by atoms with Gasteiger partial charge in [0.2, 0.25) is 0 Å². The van der Waals surface area contributed by atoms with Crippen LogP contribution in [0.25, 0.3) is 6.08 Å². The molecule has 0 aliphatic rings. The van der Waals surface area contributed by atoms with E-state index in [9.17, 15) is 4.79 Å². The van der Waals surface area contributed by atoms with Gasteiger partial charge in [-0.05, 0) is 23.6 Å². The van der Waals surface area contributed by atoms with Crippen molar-refractivity contribution in [3.05, 3.63) is 40.4 Å². The van der Waals surface area contributed by atoms with Gasteiger partial charge in [0.1, 0.15) is 5.69 Å². The second-order valence-corrected chi connectivity index (χ2v) is 3.94. The van der Waals surface area contributed by atoms with Crippen LogP contribution in [0.3, 0.4) is 0 Å². The van der Waals surface area contributed by atoms with Gasteiger partial charge in [0, 0.05) is 7.05 Å². The SMILES string of the molecule is Cn1cc(/C=C/C(=O)c2cccs2)nn1. The number of carbonyl (C=O) groups excluding carboxylic acids is 1. The average molecular weight is 219 g/mol. The van der Waals surface area contributed by atoms with Crippen molar-refractivity contribution in [2.75, 3.05) is 0 Å². The van der Waals surface area contributed by atoms with Gasteiger partial charge >= 0.3 is 0 Å². The van der Waals surface area contributed by atoms with E-state index in [0.717, 1.165) is 4.88 Å². The van der Waals surface area contributed by atoms with E-state index in [0.29, 0.717) is 5.69 Å². The highest BCUT2D eigenvalue weighted by Crippen LogP contribution is 2.10. The Morgan fingerprint density at radius 3 is 3.07 bits per heavy atom. The van der Waals surface area contributed by atoms with Gasteiger partial charge in [0.15, 0.2) is 5.78 Å². The molecule has 15 heavy (non-hydrogen) atoms. The van der Waals surface area contributed by atoms with Crippen molar-refractivity contribution in [3.8, 4) is 0 Å². The van der Waals surface area contributed by atoms with Crippen LogP contribution in [0.15, 0.2) is 29.8 Å². The fraction of sp³-hybridized carbons (Fsp3) is 0.100. The number of nitrogens with zero attached hydrogens (tertiary/aromatic N) is 3. The predicted molar refractivity (Wildman–Crippen MR) is 58.7 cm³/mol. The van der Waals surface area contributed by atoms with Crippen LogP contribution >= 0.6 is 11.3 Å². The fourth-order valence-electron chi connectivity index (χ4n) is 1.10. The van der Waals surface area contributed by atoms with Crippen molar-refractivity contribution in [1.29, 1.82) is 0 Å². The highest BCUT2D eigenvalue weighted by Gasteiger charge is 2.01. The minimum absolute atomic E-state index is 0.00402. The number of carbonyl (C=O) groups is 1. The van der Waals surface area contributed by atoms with Crippen LogP contribution in [0.4, 0.5) is 0 Å². The fourth-order valence-corrected chi connectivity index (χ4v) is 1.75. The van der Waals surface area contributed by atoms with Crippen LogP contribution in [0, 0.1) is 0 Å². The molecule has 0 unspecified atom stereocenters. The summed E-state index contributed by atoms with van der Waals surface area (Å²) >= 11 is 1.43. The third kappa shape index (κ3) is 2.38. The van der Waals surface area contributed by atoms with Crippen LogP contribution in [0.1, 0.15) is 15.4 Å². The highest BCUT2D eigenvalue weighted by molar-refractivity contribution is 7.12. The molecule has 2 heterocycles. The maximum Gasteiger partial charge on any atom is 0.195 e. The molecule has 2 aromatic rings. The standard InChI is InChI=1S/C10H9N3OS/c1-13-7-8(11-12-13)4-5-9(14)10-3-2-6-15-10/h2-7H,1H3/b5-4+. The van der Waals surface area contributed by atoms with Crippen molar-refractivity contribution in [2.24, 2.45) is 7.05 Å². The Labute approximate surface area is 90.9 Å². The molecule has 0 aliphatic heterocycles. The lowest BCUT2D eigenvalue weighted by molar-refractivity contribution is 0.105. The molecule has 0 amide bonds. The summed E-state index contributed by atoms with van der Waals surface area (Å²) in [7, 11) is 1.78. The normalized spacial score (nSPS) is 11.0. The molecule has 0 fully saturated rings. The monoisotopic (exact) mass is 219 g/mol. The summed E-state index contributed by atoms with van der Waals surface area (Å²) in [5.74, 6) is -0.00402. The first-order chi connectivity index (χ1) is 7.25. The molecule has 5 heteroatoms. The van der Waals surface area contributed by atoms with Gasteiger partial charge in [-0.2, -0.15) is 0 Å². The van der Waals surface area contributed by atoms with Crippen LogP contribution in [-0.4, -0.2) is 20.8 Å². The van der Waals surface area contributed by atoms with Gasteiger partial charge in [-0.3, -0.25) is 9.48 Å². The summed E-state index contributed by atoms with van der Waals surface area (Å²) in [5.41, 5.74) is 0.683. The second kappa shape index (κ2) is 4.18. The van der Waals surface area contributed by atoms with Crippen molar-refractivity contribution in [2.45, 2.75) is 0 Å². The van der Waals surface area contributed by atoms with Crippen molar-refractivity contribution < 1.29 is 4.79 Å². The number of hydrogen-bond donors (Lipinski definition) is 0. The number of thiophene rings is 1. The van der Waals surface area contributed by atoms with Crippen LogP contribution in [0.5, 0.6) is 0 Å². The van der Waals surface area contributed by atoms with Gasteiger partial charge in [-0.25, -0.2) is 0 Å². The minimum Gasteiger partial charge on any atom is -0.288 e. The molecule has 0 bridgehead atoms. The van der Waals surface area contributed by atoms with Crippen molar-refractivity contribution in [3.63, 3.8) is 0 Å². The van der Waals surface area contributed by atoms with Crippen LogP contribution in [-0.2, 0) is 7.05 Å². The van der Waals surface area contributed by atoms with E-state index in [4.69, 9.17) is 0 Å². The van der Waals surface area contributed by atoms with Crippen LogP contribution in [0.2, 0.25) is 0 Å². The van der Waals surface area contributed by atoms with Gasteiger partial charge in [-0.1, -0.05) is 11.3 Å². The first-order valence-electron chi connectivity index (χ1n) is 4.38. The number of rotatable bonds is 3. The molecule has 0 spiro atoms. The van der Waals surface area contributed by atoms with E-state index < -0.39 is 0 Å². The van der Waals surface area contributed by atoms with E-state index in [-0.39, 0.29) is 5.78 Å². The van der Waals surface area contributed by atoms with Gasteiger partial charge < -0.3 is 0 Å². The van der Waals surface area contributed by atoms with Crippen molar-refractivity contribution >= 4 is 23.2 Å². The number of aromatic nitrogens is 3. The molecule has 2 aromatic heterocycles. The Bertz CT molecular complexity index is 485. The summed E-state index contributed by atoms with van der Waals surface area (Å²) in [5, 5.41) is 9.49. The molecular formula is C10H9N3OS. The Kier molecular flexibility index (Phi) is 2.73. The maximum absolute atomic E-state index is 11.6. The molecule has 0 aliphatic carbocycles. The Morgan fingerprint density at radius 2 is 2.47 bits per heavy atom. The average Bonchev–Trinajstić information content (AvgIpc) is 2.84. The first kappa shape index (κ1) is 9.79. The number of aryl methyl sites for hydroxylation is 1. The quantitative estimate of drug-likeness (QED) is 0.584. The maximum atomic E-state index is 11.6. The summed E-state index contributed by atoms with van der Waals surface area (Å²) in [6.45, 7) is 0.